The summed E-state index contributed by atoms with van der Waals surface area (Å²) in [5.41, 5.74) is 0. The van der Waals surface area contributed by atoms with Gasteiger partial charge in [-0.05, 0) is 45.2 Å². The maximum atomic E-state index is 11.7. The highest BCUT2D eigenvalue weighted by atomic mass is 16.1. The largest absolute Gasteiger partial charge is 0.353 e. The van der Waals surface area contributed by atoms with Gasteiger partial charge >= 0.3 is 0 Å². The lowest BCUT2D eigenvalue weighted by atomic mass is 10.0. The van der Waals surface area contributed by atoms with E-state index in [2.05, 4.69) is 22.5 Å². The van der Waals surface area contributed by atoms with Crippen molar-refractivity contribution in [1.29, 1.82) is 0 Å². The van der Waals surface area contributed by atoms with Crippen molar-refractivity contribution in [2.75, 3.05) is 26.2 Å². The Kier molecular flexibility index (Phi) is 6.11. The Hall–Kier alpha value is -0.610. The Morgan fingerprint density at radius 1 is 1.26 bits per heavy atom. The molecule has 1 unspecified atom stereocenters. The van der Waals surface area contributed by atoms with E-state index in [1.54, 1.807) is 0 Å². The number of nitrogens with one attached hydrogen (secondary N) is 2. The lowest BCUT2D eigenvalue weighted by Gasteiger charge is -2.35. The molecule has 1 aliphatic carbocycles. The first-order chi connectivity index (χ1) is 9.29. The standard InChI is InChI=1S/C15H29N3O/c1-2-9-16-12-14-5-3-4-10-18(14)11-8-15(19)17-13-6-7-13/h13-14,16H,2-12H2,1H3,(H,17,19). The maximum Gasteiger partial charge on any atom is 0.221 e. The van der Waals surface area contributed by atoms with Crippen LogP contribution in [0.25, 0.3) is 0 Å². The van der Waals surface area contributed by atoms with Gasteiger partial charge in [-0.15, -0.1) is 0 Å². The van der Waals surface area contributed by atoms with E-state index in [0.29, 0.717) is 18.5 Å². The molecule has 0 aromatic carbocycles. The van der Waals surface area contributed by atoms with E-state index in [1.165, 1.54) is 38.5 Å². The summed E-state index contributed by atoms with van der Waals surface area (Å²) >= 11 is 0. The van der Waals surface area contributed by atoms with Crippen LogP contribution in [0.1, 0.15) is 51.9 Å². The molecule has 2 N–H and O–H groups in total. The SMILES string of the molecule is CCCNCC1CCCCN1CCC(=O)NC1CC1. The maximum absolute atomic E-state index is 11.7. The molecule has 2 fully saturated rings. The number of piperidine rings is 1. The van der Waals surface area contributed by atoms with E-state index < -0.39 is 0 Å². The lowest BCUT2D eigenvalue weighted by Crippen LogP contribution is -2.46. The zero-order valence-corrected chi connectivity index (χ0v) is 12.3. The fourth-order valence-electron chi connectivity index (χ4n) is 2.80. The number of hydrogen-bond donors (Lipinski definition) is 2. The van der Waals surface area contributed by atoms with Gasteiger partial charge in [-0.1, -0.05) is 13.3 Å². The Bertz CT molecular complexity index is 279. The van der Waals surface area contributed by atoms with E-state index in [-0.39, 0.29) is 5.91 Å². The second-order valence-electron chi connectivity index (χ2n) is 5.98. The minimum atomic E-state index is 0.244. The molecular weight excluding hydrogens is 238 g/mol. The minimum absolute atomic E-state index is 0.244. The molecule has 110 valence electrons. The van der Waals surface area contributed by atoms with E-state index in [1.807, 2.05) is 0 Å². The second kappa shape index (κ2) is 7.85. The quantitative estimate of drug-likeness (QED) is 0.655. The molecule has 0 aromatic rings. The van der Waals surface area contributed by atoms with Crippen LogP contribution in [0.15, 0.2) is 0 Å². The fraction of sp³-hybridized carbons (Fsp3) is 0.933. The summed E-state index contributed by atoms with van der Waals surface area (Å²) < 4.78 is 0. The molecule has 1 aliphatic heterocycles. The Morgan fingerprint density at radius 3 is 2.84 bits per heavy atom. The van der Waals surface area contributed by atoms with Gasteiger partial charge in [-0.2, -0.15) is 0 Å². The second-order valence-corrected chi connectivity index (χ2v) is 5.98. The van der Waals surface area contributed by atoms with Crippen LogP contribution in [-0.2, 0) is 4.79 Å². The van der Waals surface area contributed by atoms with Gasteiger partial charge in [0.1, 0.15) is 0 Å². The summed E-state index contributed by atoms with van der Waals surface area (Å²) in [6.45, 7) is 6.48. The third kappa shape index (κ3) is 5.49. The first kappa shape index (κ1) is 14.8. The van der Waals surface area contributed by atoms with Crippen molar-refractivity contribution in [3.8, 4) is 0 Å². The number of carbonyl (C=O) groups excluding carboxylic acids is 1. The molecule has 2 rings (SSSR count). The van der Waals surface area contributed by atoms with Gasteiger partial charge in [0.05, 0.1) is 0 Å². The molecule has 1 amide bonds. The Morgan fingerprint density at radius 2 is 2.11 bits per heavy atom. The van der Waals surface area contributed by atoms with Crippen molar-refractivity contribution in [2.45, 2.75) is 64.0 Å². The molecule has 0 aromatic heterocycles. The monoisotopic (exact) mass is 267 g/mol. The zero-order chi connectivity index (χ0) is 13.5. The van der Waals surface area contributed by atoms with Crippen molar-refractivity contribution in [3.63, 3.8) is 0 Å². The van der Waals surface area contributed by atoms with Crippen LogP contribution in [-0.4, -0.2) is 49.1 Å². The van der Waals surface area contributed by atoms with E-state index in [4.69, 9.17) is 0 Å². The van der Waals surface area contributed by atoms with Gasteiger partial charge in [-0.3, -0.25) is 9.69 Å². The highest BCUT2D eigenvalue weighted by Gasteiger charge is 2.25. The molecule has 1 saturated heterocycles. The van der Waals surface area contributed by atoms with Crippen molar-refractivity contribution in [2.24, 2.45) is 0 Å². The normalized spacial score (nSPS) is 24.4. The van der Waals surface area contributed by atoms with Gasteiger partial charge in [0.25, 0.3) is 0 Å². The lowest BCUT2D eigenvalue weighted by molar-refractivity contribution is -0.121. The summed E-state index contributed by atoms with van der Waals surface area (Å²) in [6.07, 6.45) is 8.12. The van der Waals surface area contributed by atoms with Gasteiger partial charge < -0.3 is 10.6 Å². The molecule has 1 heterocycles. The number of likely N-dealkylation sites (tertiary alicyclic amines) is 1. The molecule has 4 heteroatoms. The summed E-state index contributed by atoms with van der Waals surface area (Å²) in [6, 6.07) is 1.13. The fourth-order valence-corrected chi connectivity index (χ4v) is 2.80. The van der Waals surface area contributed by atoms with Crippen LogP contribution in [0.4, 0.5) is 0 Å². The van der Waals surface area contributed by atoms with Crippen LogP contribution >= 0.6 is 0 Å². The van der Waals surface area contributed by atoms with Crippen LogP contribution in [0.3, 0.4) is 0 Å². The predicted octanol–water partition coefficient (Wildman–Crippen LogP) is 1.51. The number of amides is 1. The number of carbonyl (C=O) groups is 1. The number of hydrogen-bond acceptors (Lipinski definition) is 3. The first-order valence-corrected chi connectivity index (χ1v) is 8.03. The molecule has 0 radical (unpaired) electrons. The molecular formula is C15H29N3O. The Labute approximate surface area is 117 Å². The predicted molar refractivity (Wildman–Crippen MR) is 78.2 cm³/mol. The highest BCUT2D eigenvalue weighted by molar-refractivity contribution is 5.76. The van der Waals surface area contributed by atoms with Crippen molar-refractivity contribution in [3.05, 3.63) is 0 Å². The number of rotatable bonds is 8. The van der Waals surface area contributed by atoms with Gasteiger partial charge in [0.15, 0.2) is 0 Å². The average Bonchev–Trinajstić information content (AvgIpc) is 3.22. The summed E-state index contributed by atoms with van der Waals surface area (Å²) in [7, 11) is 0. The van der Waals surface area contributed by atoms with Crippen LogP contribution in [0.2, 0.25) is 0 Å². The van der Waals surface area contributed by atoms with Gasteiger partial charge in [-0.25, -0.2) is 0 Å². The topological polar surface area (TPSA) is 44.4 Å². The third-order valence-corrected chi connectivity index (χ3v) is 4.12. The molecule has 2 aliphatic rings. The van der Waals surface area contributed by atoms with E-state index >= 15 is 0 Å². The van der Waals surface area contributed by atoms with Crippen molar-refractivity contribution >= 4 is 5.91 Å². The van der Waals surface area contributed by atoms with E-state index in [0.717, 1.165) is 26.2 Å². The summed E-state index contributed by atoms with van der Waals surface area (Å²) in [4.78, 5) is 14.3. The van der Waals surface area contributed by atoms with Crippen LogP contribution in [0, 0.1) is 0 Å². The molecule has 0 bridgehead atoms. The molecule has 1 saturated carbocycles. The molecule has 1 atom stereocenters. The average molecular weight is 267 g/mol. The van der Waals surface area contributed by atoms with Gasteiger partial charge in [0.2, 0.25) is 5.91 Å². The molecule has 4 nitrogen and oxygen atoms in total. The highest BCUT2D eigenvalue weighted by Crippen LogP contribution is 2.19. The number of nitrogens with zero attached hydrogens (tertiary/aromatic N) is 1. The van der Waals surface area contributed by atoms with Gasteiger partial charge in [0, 0.05) is 31.6 Å². The Balaban J connectivity index is 1.66. The first-order valence-electron chi connectivity index (χ1n) is 8.03. The molecule has 0 spiro atoms. The summed E-state index contributed by atoms with van der Waals surface area (Å²) in [5.74, 6) is 0.244. The van der Waals surface area contributed by atoms with Crippen LogP contribution < -0.4 is 10.6 Å². The van der Waals surface area contributed by atoms with Crippen molar-refractivity contribution < 1.29 is 4.79 Å². The minimum Gasteiger partial charge on any atom is -0.353 e. The van der Waals surface area contributed by atoms with Crippen LogP contribution in [0.5, 0.6) is 0 Å². The third-order valence-electron chi connectivity index (χ3n) is 4.12. The van der Waals surface area contributed by atoms with E-state index in [9.17, 15) is 4.79 Å². The van der Waals surface area contributed by atoms with Crippen molar-refractivity contribution in [1.82, 2.24) is 15.5 Å². The summed E-state index contributed by atoms with van der Waals surface area (Å²) in [5, 5.41) is 6.60. The zero-order valence-electron chi connectivity index (χ0n) is 12.3. The smallest absolute Gasteiger partial charge is 0.221 e. The molecule has 19 heavy (non-hydrogen) atoms.